The maximum Gasteiger partial charge on any atom is 0.354 e. The maximum atomic E-state index is 12.9. The highest BCUT2D eigenvalue weighted by molar-refractivity contribution is 7.10. The summed E-state index contributed by atoms with van der Waals surface area (Å²) in [6, 6.07) is 8.83. The van der Waals surface area contributed by atoms with Gasteiger partial charge in [-0.3, -0.25) is 9.59 Å². The molecule has 0 radical (unpaired) electrons. The van der Waals surface area contributed by atoms with Crippen LogP contribution >= 0.6 is 11.3 Å². The Morgan fingerprint density at radius 3 is 2.47 bits per heavy atom. The third kappa shape index (κ3) is 5.76. The van der Waals surface area contributed by atoms with Crippen molar-refractivity contribution in [3.8, 4) is 5.75 Å². The van der Waals surface area contributed by atoms with Crippen molar-refractivity contribution < 1.29 is 23.9 Å². The van der Waals surface area contributed by atoms with Crippen LogP contribution in [-0.4, -0.2) is 58.5 Å². The van der Waals surface area contributed by atoms with Crippen molar-refractivity contribution in [2.75, 3.05) is 25.5 Å². The summed E-state index contributed by atoms with van der Waals surface area (Å²) in [5.41, 5.74) is 1.82. The van der Waals surface area contributed by atoms with Gasteiger partial charge >= 0.3 is 5.97 Å². The van der Waals surface area contributed by atoms with Gasteiger partial charge in [-0.05, 0) is 57.0 Å². The Labute approximate surface area is 214 Å². The van der Waals surface area contributed by atoms with Crippen LogP contribution in [0.3, 0.4) is 0 Å². The summed E-state index contributed by atoms with van der Waals surface area (Å²) in [7, 11) is 3.02. The Hall–Kier alpha value is -3.66. The highest BCUT2D eigenvalue weighted by Crippen LogP contribution is 2.31. The van der Waals surface area contributed by atoms with Gasteiger partial charge in [0.15, 0.2) is 0 Å². The maximum absolute atomic E-state index is 12.9. The number of thiazole rings is 1. The number of piperidine rings is 1. The molecule has 2 aromatic heterocycles. The molecule has 0 saturated carbocycles. The number of nitrogens with zero attached hydrogens (tertiary/aromatic N) is 3. The van der Waals surface area contributed by atoms with Crippen LogP contribution in [0.2, 0.25) is 0 Å². The first-order chi connectivity index (χ1) is 17.2. The second-order valence-electron chi connectivity index (χ2n) is 9.00. The minimum absolute atomic E-state index is 0.0120. The zero-order chi connectivity index (χ0) is 25.8. The van der Waals surface area contributed by atoms with E-state index in [2.05, 4.69) is 10.3 Å². The zero-order valence-corrected chi connectivity index (χ0v) is 21.6. The Balaban J connectivity index is 1.32. The number of carbonyl (C=O) groups excluding carboxylic acids is 3. The SMILES string of the molecule is COC(=O)c1cc(NC(=O)c2csc(C3CCN(C(=O)c4ccc(OC(C)C)cc4)CC3)n2)cn1C. The van der Waals surface area contributed by atoms with Crippen LogP contribution in [0.5, 0.6) is 5.75 Å². The van der Waals surface area contributed by atoms with Crippen molar-refractivity contribution in [1.29, 1.82) is 0 Å². The van der Waals surface area contributed by atoms with Gasteiger partial charge in [0.1, 0.15) is 17.1 Å². The molecular weight excluding hydrogens is 480 g/mol. The molecule has 1 aromatic carbocycles. The van der Waals surface area contributed by atoms with Crippen LogP contribution in [0.15, 0.2) is 41.9 Å². The number of esters is 1. The number of hydrogen-bond acceptors (Lipinski definition) is 7. The van der Waals surface area contributed by atoms with E-state index in [-0.39, 0.29) is 23.8 Å². The predicted octanol–water partition coefficient (Wildman–Crippen LogP) is 4.33. The van der Waals surface area contributed by atoms with Gasteiger partial charge in [-0.1, -0.05) is 0 Å². The van der Waals surface area contributed by atoms with Crippen LogP contribution in [0.1, 0.15) is 68.9 Å². The number of methoxy groups -OCH3 is 1. The first-order valence-electron chi connectivity index (χ1n) is 11.8. The summed E-state index contributed by atoms with van der Waals surface area (Å²) >= 11 is 1.46. The van der Waals surface area contributed by atoms with E-state index in [1.54, 1.807) is 41.4 Å². The van der Waals surface area contributed by atoms with Gasteiger partial charge in [0, 0.05) is 43.2 Å². The standard InChI is InChI=1S/C26H30N4O5S/c1-16(2)35-20-7-5-18(6-8-20)25(32)30-11-9-17(10-12-30)24-28-21(15-36-24)23(31)27-19-13-22(26(33)34-4)29(3)14-19/h5-8,13-17H,9-12H2,1-4H3,(H,27,31). The smallest absolute Gasteiger partial charge is 0.354 e. The van der Waals surface area contributed by atoms with E-state index in [1.165, 1.54) is 18.4 Å². The molecule has 0 unspecified atom stereocenters. The Morgan fingerprint density at radius 2 is 1.83 bits per heavy atom. The van der Waals surface area contributed by atoms with Crippen LogP contribution in [0, 0.1) is 0 Å². The van der Waals surface area contributed by atoms with Gasteiger partial charge in [0.25, 0.3) is 11.8 Å². The summed E-state index contributed by atoms with van der Waals surface area (Å²) in [6.07, 6.45) is 3.31. The number of aryl methyl sites for hydroxylation is 1. The molecular formula is C26H30N4O5S. The average molecular weight is 511 g/mol. The highest BCUT2D eigenvalue weighted by Gasteiger charge is 2.27. The van der Waals surface area contributed by atoms with Gasteiger partial charge in [-0.15, -0.1) is 11.3 Å². The summed E-state index contributed by atoms with van der Waals surface area (Å²) in [4.78, 5) is 43.8. The lowest BCUT2D eigenvalue weighted by Crippen LogP contribution is -2.37. The molecule has 1 aliphatic heterocycles. The number of benzene rings is 1. The lowest BCUT2D eigenvalue weighted by atomic mass is 9.97. The molecule has 9 nitrogen and oxygen atoms in total. The molecule has 0 bridgehead atoms. The van der Waals surface area contributed by atoms with E-state index in [4.69, 9.17) is 9.47 Å². The van der Waals surface area contributed by atoms with Gasteiger partial charge in [-0.25, -0.2) is 9.78 Å². The van der Waals surface area contributed by atoms with E-state index in [9.17, 15) is 14.4 Å². The summed E-state index contributed by atoms with van der Waals surface area (Å²) in [6.45, 7) is 5.20. The molecule has 1 N–H and O–H groups in total. The third-order valence-electron chi connectivity index (χ3n) is 6.02. The fraction of sp³-hybridized carbons (Fsp3) is 0.385. The van der Waals surface area contributed by atoms with Gasteiger partial charge < -0.3 is 24.3 Å². The number of anilines is 1. The van der Waals surface area contributed by atoms with Crippen molar-refractivity contribution in [2.24, 2.45) is 7.05 Å². The van der Waals surface area contributed by atoms with Gasteiger partial charge in [0.05, 0.1) is 23.9 Å². The predicted molar refractivity (Wildman–Crippen MR) is 137 cm³/mol. The average Bonchev–Trinajstić information content (AvgIpc) is 3.50. The number of likely N-dealkylation sites (tertiary alicyclic amines) is 1. The first-order valence-corrected chi connectivity index (χ1v) is 12.7. The molecule has 1 aliphatic rings. The summed E-state index contributed by atoms with van der Waals surface area (Å²) < 4.78 is 12.0. The number of carbonyl (C=O) groups is 3. The number of rotatable bonds is 7. The van der Waals surface area contributed by atoms with E-state index in [0.717, 1.165) is 23.6 Å². The molecule has 4 rings (SSSR count). The van der Waals surface area contributed by atoms with Crippen molar-refractivity contribution in [2.45, 2.75) is 38.7 Å². The number of nitrogens with one attached hydrogen (secondary N) is 1. The van der Waals surface area contributed by atoms with Crippen molar-refractivity contribution >= 4 is 34.8 Å². The van der Waals surface area contributed by atoms with E-state index < -0.39 is 5.97 Å². The largest absolute Gasteiger partial charge is 0.491 e. The Morgan fingerprint density at radius 1 is 1.14 bits per heavy atom. The topological polar surface area (TPSA) is 103 Å². The number of amides is 2. The molecule has 0 aliphatic carbocycles. The molecule has 0 atom stereocenters. The normalized spacial score (nSPS) is 14.1. The molecule has 36 heavy (non-hydrogen) atoms. The number of ether oxygens (including phenoxy) is 2. The molecule has 3 aromatic rings. The van der Waals surface area contributed by atoms with Gasteiger partial charge in [-0.2, -0.15) is 0 Å². The van der Waals surface area contributed by atoms with Crippen molar-refractivity contribution in [3.63, 3.8) is 0 Å². The van der Waals surface area contributed by atoms with E-state index >= 15 is 0 Å². The fourth-order valence-corrected chi connectivity index (χ4v) is 5.15. The van der Waals surface area contributed by atoms with Crippen LogP contribution in [0.4, 0.5) is 5.69 Å². The molecule has 0 spiro atoms. The van der Waals surface area contributed by atoms with Crippen LogP contribution in [0.25, 0.3) is 0 Å². The molecule has 10 heteroatoms. The second-order valence-corrected chi connectivity index (χ2v) is 9.89. The summed E-state index contributed by atoms with van der Waals surface area (Å²) in [5, 5.41) is 5.42. The molecule has 3 heterocycles. The molecule has 1 saturated heterocycles. The summed E-state index contributed by atoms with van der Waals surface area (Å²) in [5.74, 6) is 0.149. The van der Waals surface area contributed by atoms with Gasteiger partial charge in [0.2, 0.25) is 0 Å². The zero-order valence-electron chi connectivity index (χ0n) is 20.8. The van der Waals surface area contributed by atoms with Crippen LogP contribution in [-0.2, 0) is 11.8 Å². The second kappa shape index (κ2) is 10.9. The highest BCUT2D eigenvalue weighted by atomic mass is 32.1. The molecule has 2 amide bonds. The lowest BCUT2D eigenvalue weighted by molar-refractivity contribution is 0.0589. The Kier molecular flexibility index (Phi) is 7.73. The van der Waals surface area contributed by atoms with Crippen LogP contribution < -0.4 is 10.1 Å². The quantitative estimate of drug-likeness (QED) is 0.475. The first kappa shape index (κ1) is 25.4. The third-order valence-corrected chi connectivity index (χ3v) is 7.02. The van der Waals surface area contributed by atoms with E-state index in [0.29, 0.717) is 35.7 Å². The van der Waals surface area contributed by atoms with E-state index in [1.807, 2.05) is 30.9 Å². The minimum atomic E-state index is -0.476. The monoisotopic (exact) mass is 510 g/mol. The number of aromatic nitrogens is 2. The van der Waals surface area contributed by atoms with Crippen molar-refractivity contribution in [3.05, 3.63) is 63.9 Å². The fourth-order valence-electron chi connectivity index (χ4n) is 4.18. The number of hydrogen-bond donors (Lipinski definition) is 1. The lowest BCUT2D eigenvalue weighted by Gasteiger charge is -2.31. The Bertz CT molecular complexity index is 1240. The van der Waals surface area contributed by atoms with Crippen molar-refractivity contribution in [1.82, 2.24) is 14.5 Å². The molecule has 1 fully saturated rings. The minimum Gasteiger partial charge on any atom is -0.491 e. The molecule has 190 valence electrons.